The van der Waals surface area contributed by atoms with Crippen LogP contribution in [-0.2, 0) is 0 Å². The molecule has 54 valence electrons. The van der Waals surface area contributed by atoms with Gasteiger partial charge in [0.25, 0.3) is 0 Å². The molecule has 2 atom stereocenters. The maximum absolute atomic E-state index is 8.80. The van der Waals surface area contributed by atoms with Crippen molar-refractivity contribution in [2.75, 3.05) is 6.61 Å². The van der Waals surface area contributed by atoms with E-state index >= 15 is 0 Å². The van der Waals surface area contributed by atoms with E-state index in [-0.39, 0.29) is 6.61 Å². The normalized spacial score (nSPS) is 13.0. The van der Waals surface area contributed by atoms with Crippen LogP contribution in [-0.4, -0.2) is 28.6 Å². The SMILES string of the molecule is OCC([AsH2])c1ccccc1. The van der Waals surface area contributed by atoms with Gasteiger partial charge in [-0.2, -0.15) is 0 Å². The molecular weight excluding hydrogens is 187 g/mol. The molecule has 2 heteroatoms. The zero-order chi connectivity index (χ0) is 7.40. The zero-order valence-electron chi connectivity index (χ0n) is 5.70. The van der Waals surface area contributed by atoms with Crippen LogP contribution in [0.2, 0.25) is 0 Å². The Morgan fingerprint density at radius 2 is 1.90 bits per heavy atom. The molecule has 0 aliphatic carbocycles. The van der Waals surface area contributed by atoms with Crippen molar-refractivity contribution in [3.8, 4) is 0 Å². The van der Waals surface area contributed by atoms with Crippen LogP contribution < -0.4 is 0 Å². The first-order valence-corrected chi connectivity index (χ1v) is 4.66. The van der Waals surface area contributed by atoms with Crippen molar-refractivity contribution in [2.45, 2.75) is 4.71 Å². The Labute approximate surface area is 69.6 Å². The molecule has 0 aromatic heterocycles. The van der Waals surface area contributed by atoms with Gasteiger partial charge in [0, 0.05) is 0 Å². The number of rotatable bonds is 2. The van der Waals surface area contributed by atoms with E-state index in [1.165, 1.54) is 5.56 Å². The van der Waals surface area contributed by atoms with E-state index in [4.69, 9.17) is 5.11 Å². The molecule has 0 amide bonds. The number of aliphatic hydroxyl groups excluding tert-OH is 1. The van der Waals surface area contributed by atoms with Crippen molar-refractivity contribution < 1.29 is 5.11 Å². The molecule has 0 fully saturated rings. The van der Waals surface area contributed by atoms with Crippen LogP contribution in [0.1, 0.15) is 10.3 Å². The fraction of sp³-hybridized carbons (Fsp3) is 0.250. The maximum atomic E-state index is 8.80. The molecule has 1 nitrogen and oxygen atoms in total. The van der Waals surface area contributed by atoms with Gasteiger partial charge in [0.1, 0.15) is 0 Å². The second-order valence-corrected chi connectivity index (χ2v) is 3.89. The van der Waals surface area contributed by atoms with Crippen molar-refractivity contribution in [1.29, 1.82) is 0 Å². The van der Waals surface area contributed by atoms with E-state index < -0.39 is 0 Å². The molecule has 1 rings (SSSR count). The summed E-state index contributed by atoms with van der Waals surface area (Å²) in [6.45, 7) is 0.254. The van der Waals surface area contributed by atoms with Crippen molar-refractivity contribution in [3.63, 3.8) is 0 Å². The van der Waals surface area contributed by atoms with E-state index in [0.29, 0.717) is 4.71 Å². The fourth-order valence-corrected chi connectivity index (χ4v) is 1.27. The minimum absolute atomic E-state index is 0.254. The summed E-state index contributed by atoms with van der Waals surface area (Å²) in [5.41, 5.74) is 1.23. The topological polar surface area (TPSA) is 20.2 Å². The van der Waals surface area contributed by atoms with Gasteiger partial charge < -0.3 is 0 Å². The van der Waals surface area contributed by atoms with Crippen LogP contribution in [0, 0.1) is 0 Å². The summed E-state index contributed by atoms with van der Waals surface area (Å²) < 4.78 is 0.327. The Kier molecular flexibility index (Phi) is 2.98. The number of hydrogen-bond donors (Lipinski definition) is 1. The van der Waals surface area contributed by atoms with Gasteiger partial charge in [-0.3, -0.25) is 0 Å². The van der Waals surface area contributed by atoms with Crippen molar-refractivity contribution in [2.24, 2.45) is 0 Å². The molecular formula is C8H11AsO. The summed E-state index contributed by atoms with van der Waals surface area (Å²) in [5, 5.41) is 8.80. The van der Waals surface area contributed by atoms with E-state index in [0.717, 1.165) is 0 Å². The fourth-order valence-electron chi connectivity index (χ4n) is 0.806. The number of hydrogen-bond acceptors (Lipinski definition) is 1. The Bertz CT molecular complexity index is 186. The average Bonchev–Trinajstić information content (AvgIpc) is 2.05. The third-order valence-corrected chi connectivity index (χ3v) is 2.67. The van der Waals surface area contributed by atoms with Crippen molar-refractivity contribution in [3.05, 3.63) is 35.9 Å². The van der Waals surface area contributed by atoms with Crippen LogP contribution in [0.5, 0.6) is 0 Å². The summed E-state index contributed by atoms with van der Waals surface area (Å²) in [6, 6.07) is 10.1. The second kappa shape index (κ2) is 3.80. The Morgan fingerprint density at radius 3 is 2.40 bits per heavy atom. The summed E-state index contributed by atoms with van der Waals surface area (Å²) in [7, 11) is 0. The molecule has 10 heavy (non-hydrogen) atoms. The van der Waals surface area contributed by atoms with E-state index in [2.05, 4.69) is 0 Å². The first-order chi connectivity index (χ1) is 4.84. The Hall–Kier alpha value is -0.262. The van der Waals surface area contributed by atoms with Gasteiger partial charge in [0.05, 0.1) is 0 Å². The van der Waals surface area contributed by atoms with Crippen molar-refractivity contribution >= 4 is 16.9 Å². The average molecular weight is 198 g/mol. The summed E-state index contributed by atoms with van der Waals surface area (Å²) in [6.07, 6.45) is 0. The Morgan fingerprint density at radius 1 is 1.30 bits per heavy atom. The van der Waals surface area contributed by atoms with Gasteiger partial charge in [-0.1, -0.05) is 0 Å². The van der Waals surface area contributed by atoms with Crippen LogP contribution in [0.25, 0.3) is 0 Å². The quantitative estimate of drug-likeness (QED) is 0.680. The van der Waals surface area contributed by atoms with E-state index in [1.54, 1.807) is 16.9 Å². The first kappa shape index (κ1) is 7.84. The van der Waals surface area contributed by atoms with Crippen LogP contribution in [0.4, 0.5) is 0 Å². The van der Waals surface area contributed by atoms with Crippen LogP contribution in [0.3, 0.4) is 0 Å². The zero-order valence-corrected chi connectivity index (χ0v) is 8.12. The molecule has 0 saturated heterocycles. The molecule has 1 aromatic carbocycles. The molecule has 2 unspecified atom stereocenters. The van der Waals surface area contributed by atoms with Crippen LogP contribution in [0.15, 0.2) is 30.3 Å². The summed E-state index contributed by atoms with van der Waals surface area (Å²) >= 11 is 1.57. The molecule has 0 saturated carbocycles. The number of aliphatic hydroxyl groups is 1. The molecule has 0 aliphatic rings. The molecule has 0 bridgehead atoms. The summed E-state index contributed by atoms with van der Waals surface area (Å²) in [5.74, 6) is 0. The predicted molar refractivity (Wildman–Crippen MR) is 44.8 cm³/mol. The molecule has 1 N–H and O–H groups in total. The monoisotopic (exact) mass is 198 g/mol. The van der Waals surface area contributed by atoms with Gasteiger partial charge in [-0.25, -0.2) is 0 Å². The van der Waals surface area contributed by atoms with Gasteiger partial charge in [0.2, 0.25) is 0 Å². The van der Waals surface area contributed by atoms with Gasteiger partial charge in [-0.15, -0.1) is 0 Å². The van der Waals surface area contributed by atoms with Crippen LogP contribution >= 0.6 is 0 Å². The third kappa shape index (κ3) is 1.86. The molecule has 1 aromatic rings. The minimum atomic E-state index is 0.254. The first-order valence-electron chi connectivity index (χ1n) is 3.26. The standard InChI is InChI=1S/C8H11AsO/c9-8(6-10)7-4-2-1-3-5-7/h1-5,8,10H,6,9H2. The molecule has 0 aliphatic heterocycles. The molecule has 0 spiro atoms. The second-order valence-electron chi connectivity index (χ2n) is 2.20. The van der Waals surface area contributed by atoms with E-state index in [9.17, 15) is 0 Å². The Balaban J connectivity index is 2.75. The number of benzene rings is 1. The van der Waals surface area contributed by atoms with Gasteiger partial charge in [-0.05, 0) is 0 Å². The molecule has 0 radical (unpaired) electrons. The third-order valence-electron chi connectivity index (χ3n) is 1.42. The predicted octanol–water partition coefficient (Wildman–Crippen LogP) is 0.353. The molecule has 0 heterocycles. The van der Waals surface area contributed by atoms with Crippen molar-refractivity contribution in [1.82, 2.24) is 0 Å². The summed E-state index contributed by atoms with van der Waals surface area (Å²) in [4.78, 5) is 0. The van der Waals surface area contributed by atoms with Gasteiger partial charge in [0.15, 0.2) is 0 Å². The van der Waals surface area contributed by atoms with E-state index in [1.807, 2.05) is 30.3 Å². The van der Waals surface area contributed by atoms with Gasteiger partial charge >= 0.3 is 69.2 Å².